The van der Waals surface area contributed by atoms with Gasteiger partial charge in [-0.3, -0.25) is 9.05 Å². The molecule has 0 aromatic carbocycles. The third kappa shape index (κ3) is 9.54. The van der Waals surface area contributed by atoms with E-state index in [1.807, 2.05) is 0 Å². The Kier molecular flexibility index (Phi) is 11.5. The van der Waals surface area contributed by atoms with Gasteiger partial charge in [0.2, 0.25) is 0 Å². The number of aliphatic hydroxyl groups is 2. The van der Waals surface area contributed by atoms with E-state index in [0.717, 1.165) is 0 Å². The molecule has 0 saturated heterocycles. The van der Waals surface area contributed by atoms with Gasteiger partial charge in [-0.05, 0) is 0 Å². The first-order valence-corrected chi connectivity index (χ1v) is 5.12. The summed E-state index contributed by atoms with van der Waals surface area (Å²) in [7, 11) is -4.13. The summed E-state index contributed by atoms with van der Waals surface area (Å²) in [4.78, 5) is 8.85. The monoisotopic (exact) mass is 238 g/mol. The predicted octanol–water partition coefficient (Wildman–Crippen LogP) is -1.95. The molecule has 0 amide bonds. The molecular formula is C5H14NNaO6P. The summed E-state index contributed by atoms with van der Waals surface area (Å²) in [6, 6.07) is 0. The van der Waals surface area contributed by atoms with Crippen LogP contribution in [0.3, 0.4) is 0 Å². The van der Waals surface area contributed by atoms with Gasteiger partial charge in [-0.2, -0.15) is 0 Å². The van der Waals surface area contributed by atoms with Crippen LogP contribution in [0.15, 0.2) is 0 Å². The topological polar surface area (TPSA) is 122 Å². The molecule has 0 heterocycles. The number of rotatable bonds is 7. The van der Waals surface area contributed by atoms with Crippen LogP contribution in [0.2, 0.25) is 0 Å². The van der Waals surface area contributed by atoms with Crippen LogP contribution < -0.4 is 5.73 Å². The van der Waals surface area contributed by atoms with E-state index in [9.17, 15) is 4.57 Å². The average molecular weight is 238 g/mol. The fourth-order valence-electron chi connectivity index (χ4n) is 0.438. The molecular weight excluding hydrogens is 224 g/mol. The zero-order chi connectivity index (χ0) is 10.3. The number of phosphoric acid groups is 1. The molecule has 0 saturated carbocycles. The Morgan fingerprint density at radius 2 is 2.00 bits per heavy atom. The van der Waals surface area contributed by atoms with E-state index in [1.165, 1.54) is 0 Å². The summed E-state index contributed by atoms with van der Waals surface area (Å²) >= 11 is 0. The van der Waals surface area contributed by atoms with Crippen LogP contribution in [0.1, 0.15) is 0 Å². The molecule has 5 N–H and O–H groups in total. The summed E-state index contributed by atoms with van der Waals surface area (Å²) in [5.74, 6) is 0. The van der Waals surface area contributed by atoms with Gasteiger partial charge in [-0.25, -0.2) is 4.57 Å². The molecule has 1 unspecified atom stereocenters. The van der Waals surface area contributed by atoms with Gasteiger partial charge in [0.15, 0.2) is 0 Å². The average Bonchev–Trinajstić information content (AvgIpc) is 2.11. The molecule has 0 aromatic heterocycles. The minimum atomic E-state index is -4.13. The molecule has 0 aromatic rings. The summed E-state index contributed by atoms with van der Waals surface area (Å²) in [6.45, 7) is -1.02. The van der Waals surface area contributed by atoms with Crippen molar-refractivity contribution in [3.05, 3.63) is 0 Å². The zero-order valence-corrected chi connectivity index (χ0v) is 10.9. The fraction of sp³-hybridized carbons (Fsp3) is 1.00. The fourth-order valence-corrected chi connectivity index (χ4v) is 1.21. The normalized spacial score (nSPS) is 16.9. The quantitative estimate of drug-likeness (QED) is 0.300. The second-order valence-electron chi connectivity index (χ2n) is 2.22. The van der Waals surface area contributed by atoms with E-state index in [4.69, 9.17) is 20.8 Å². The van der Waals surface area contributed by atoms with Crippen LogP contribution in [-0.2, 0) is 13.6 Å². The summed E-state index contributed by atoms with van der Waals surface area (Å²) in [6.07, 6.45) is -1.19. The van der Waals surface area contributed by atoms with Gasteiger partial charge in [-0.15, -0.1) is 0 Å². The van der Waals surface area contributed by atoms with Crippen molar-refractivity contribution in [3.63, 3.8) is 0 Å². The Bertz CT molecular complexity index is 182. The molecule has 81 valence electrons. The third-order valence-electron chi connectivity index (χ3n) is 1.01. The van der Waals surface area contributed by atoms with Crippen molar-refractivity contribution in [2.24, 2.45) is 5.73 Å². The van der Waals surface area contributed by atoms with E-state index in [2.05, 4.69) is 9.05 Å². The first-order valence-electron chi connectivity index (χ1n) is 3.62. The Morgan fingerprint density at radius 3 is 2.43 bits per heavy atom. The van der Waals surface area contributed by atoms with E-state index in [0.29, 0.717) is 0 Å². The molecule has 0 rings (SSSR count). The van der Waals surface area contributed by atoms with Gasteiger partial charge in [0, 0.05) is 36.1 Å². The molecule has 0 bridgehead atoms. The second kappa shape index (κ2) is 9.23. The van der Waals surface area contributed by atoms with Gasteiger partial charge >= 0.3 is 7.82 Å². The van der Waals surface area contributed by atoms with Crippen molar-refractivity contribution in [1.29, 1.82) is 0 Å². The standard InChI is InChI=1S/C5H14NO6P.Na/c6-1-2-11-13(9,10)12-4-5(8)3-7;/h5,7-8H,1-4,6H2,(H,9,10);/t5-;/m1./s1. The molecule has 1 radical (unpaired) electrons. The zero-order valence-electron chi connectivity index (χ0n) is 8.00. The number of hydrogen-bond acceptors (Lipinski definition) is 6. The van der Waals surface area contributed by atoms with Gasteiger partial charge in [0.1, 0.15) is 6.10 Å². The van der Waals surface area contributed by atoms with Gasteiger partial charge in [0.25, 0.3) is 0 Å². The van der Waals surface area contributed by atoms with Crippen LogP contribution in [0.25, 0.3) is 0 Å². The Morgan fingerprint density at radius 1 is 1.43 bits per heavy atom. The van der Waals surface area contributed by atoms with Crippen molar-refractivity contribution in [1.82, 2.24) is 0 Å². The third-order valence-corrected chi connectivity index (χ3v) is 2.00. The molecule has 9 heteroatoms. The smallest absolute Gasteiger partial charge is 0.394 e. The van der Waals surface area contributed by atoms with Crippen LogP contribution in [0.4, 0.5) is 0 Å². The first kappa shape index (κ1) is 17.4. The molecule has 0 aliphatic heterocycles. The SMILES string of the molecule is NCCOP(=O)(O)OC[C@H](O)CO.[Na]. The Hall–Kier alpha value is 0.990. The van der Waals surface area contributed by atoms with Crippen LogP contribution in [0.5, 0.6) is 0 Å². The van der Waals surface area contributed by atoms with Gasteiger partial charge in [0.05, 0.1) is 19.8 Å². The Labute approximate surface area is 104 Å². The summed E-state index contributed by atoms with van der Waals surface area (Å²) < 4.78 is 19.5. The Balaban J connectivity index is 0. The van der Waals surface area contributed by atoms with E-state index in [1.54, 1.807) is 0 Å². The van der Waals surface area contributed by atoms with Crippen LogP contribution in [-0.4, -0.2) is 77.1 Å². The van der Waals surface area contributed by atoms with Crippen LogP contribution in [0, 0.1) is 0 Å². The predicted molar refractivity (Wildman–Crippen MR) is 49.6 cm³/mol. The maximum atomic E-state index is 10.9. The summed E-state index contributed by atoms with van der Waals surface area (Å²) in [5, 5.41) is 17.1. The number of aliphatic hydroxyl groups excluding tert-OH is 2. The summed E-state index contributed by atoms with van der Waals surface area (Å²) in [5.41, 5.74) is 5.02. The maximum absolute atomic E-state index is 10.9. The van der Waals surface area contributed by atoms with Crippen molar-refractivity contribution >= 4 is 37.4 Å². The van der Waals surface area contributed by atoms with Crippen molar-refractivity contribution in [2.75, 3.05) is 26.4 Å². The molecule has 7 nitrogen and oxygen atoms in total. The number of nitrogens with two attached hydrogens (primary N) is 1. The van der Waals surface area contributed by atoms with Gasteiger partial charge < -0.3 is 20.8 Å². The maximum Gasteiger partial charge on any atom is 0.472 e. The second-order valence-corrected chi connectivity index (χ2v) is 3.68. The van der Waals surface area contributed by atoms with Crippen LogP contribution >= 0.6 is 7.82 Å². The minimum Gasteiger partial charge on any atom is -0.394 e. The van der Waals surface area contributed by atoms with Crippen molar-refractivity contribution in [3.8, 4) is 0 Å². The largest absolute Gasteiger partial charge is 0.472 e. The van der Waals surface area contributed by atoms with E-state index in [-0.39, 0.29) is 42.7 Å². The first-order chi connectivity index (χ1) is 6.02. The van der Waals surface area contributed by atoms with E-state index < -0.39 is 27.1 Å². The molecule has 0 aliphatic rings. The minimum absolute atomic E-state index is 0. The molecule has 0 fully saturated rings. The molecule has 2 atom stereocenters. The van der Waals surface area contributed by atoms with Gasteiger partial charge in [-0.1, -0.05) is 0 Å². The van der Waals surface area contributed by atoms with Crippen molar-refractivity contribution in [2.45, 2.75) is 6.10 Å². The number of phosphoric ester groups is 1. The van der Waals surface area contributed by atoms with Crippen molar-refractivity contribution < 1.29 is 28.7 Å². The molecule has 0 spiro atoms. The van der Waals surface area contributed by atoms with E-state index >= 15 is 0 Å². The number of hydrogen-bond donors (Lipinski definition) is 4. The molecule has 14 heavy (non-hydrogen) atoms. The molecule has 0 aliphatic carbocycles.